The fourth-order valence-electron chi connectivity index (χ4n) is 3.56. The molecule has 0 bridgehead atoms. The number of para-hydroxylation sites is 1. The molecule has 132 valence electrons. The van der Waals surface area contributed by atoms with Crippen LogP contribution in [0, 0.1) is 0 Å². The van der Waals surface area contributed by atoms with Crippen LogP contribution in [0.5, 0.6) is 5.75 Å². The lowest BCUT2D eigenvalue weighted by molar-refractivity contribution is 0.0925. The molecule has 1 saturated heterocycles. The largest absolute Gasteiger partial charge is 0.493 e. The minimum atomic E-state index is -0.196. The summed E-state index contributed by atoms with van der Waals surface area (Å²) in [7, 11) is 0. The van der Waals surface area contributed by atoms with E-state index in [4.69, 9.17) is 9.26 Å². The van der Waals surface area contributed by atoms with Crippen LogP contribution in [-0.2, 0) is 6.54 Å². The van der Waals surface area contributed by atoms with Crippen LogP contribution in [0.4, 0.5) is 0 Å². The van der Waals surface area contributed by atoms with Crippen LogP contribution in [0.15, 0.2) is 34.9 Å². The molecule has 0 unspecified atom stereocenters. The Hall–Kier alpha value is -2.34. The number of rotatable bonds is 4. The molecule has 1 aromatic carbocycles. The summed E-state index contributed by atoms with van der Waals surface area (Å²) in [4.78, 5) is 14.9. The first kappa shape index (κ1) is 16.1. The van der Waals surface area contributed by atoms with E-state index in [9.17, 15) is 4.79 Å². The lowest BCUT2D eigenvalue weighted by Crippen LogP contribution is -2.28. The number of carbonyl (C=O) groups excluding carboxylic acids is 1. The molecule has 0 saturated carbocycles. The van der Waals surface area contributed by atoms with Crippen LogP contribution in [0.2, 0.25) is 0 Å². The first-order valence-electron chi connectivity index (χ1n) is 9.00. The molecule has 0 radical (unpaired) electrons. The Kier molecular flexibility index (Phi) is 4.70. The number of amides is 1. The molecular formula is C19H23N3O3. The Morgan fingerprint density at radius 1 is 1.24 bits per heavy atom. The summed E-state index contributed by atoms with van der Waals surface area (Å²) < 4.78 is 11.1. The topological polar surface area (TPSA) is 67.6 Å². The first-order valence-corrected chi connectivity index (χ1v) is 9.00. The second-order valence-electron chi connectivity index (χ2n) is 6.72. The van der Waals surface area contributed by atoms with Crippen molar-refractivity contribution in [3.8, 4) is 5.75 Å². The SMILES string of the molecule is O=C(N[C@H]1CCCOc2ccccc21)c1cc(CN2CCCC2)on1. The zero-order chi connectivity index (χ0) is 17.1. The molecule has 3 heterocycles. The summed E-state index contributed by atoms with van der Waals surface area (Å²) in [6.07, 6.45) is 4.20. The van der Waals surface area contributed by atoms with Gasteiger partial charge in [0.25, 0.3) is 5.91 Å². The maximum absolute atomic E-state index is 12.6. The predicted octanol–water partition coefficient (Wildman–Crippen LogP) is 2.91. The molecule has 4 rings (SSSR count). The lowest BCUT2D eigenvalue weighted by atomic mass is 10.0. The van der Waals surface area contributed by atoms with Gasteiger partial charge in [0, 0.05) is 11.6 Å². The number of likely N-dealkylation sites (tertiary alicyclic amines) is 1. The molecule has 2 aliphatic heterocycles. The van der Waals surface area contributed by atoms with Gasteiger partial charge in [0.2, 0.25) is 0 Å². The monoisotopic (exact) mass is 341 g/mol. The van der Waals surface area contributed by atoms with Crippen molar-refractivity contribution in [3.05, 3.63) is 47.3 Å². The van der Waals surface area contributed by atoms with Crippen molar-refractivity contribution in [2.24, 2.45) is 0 Å². The van der Waals surface area contributed by atoms with E-state index in [1.807, 2.05) is 24.3 Å². The number of aromatic nitrogens is 1. The van der Waals surface area contributed by atoms with E-state index in [1.54, 1.807) is 6.07 Å². The van der Waals surface area contributed by atoms with Crippen molar-refractivity contribution in [2.45, 2.75) is 38.3 Å². The van der Waals surface area contributed by atoms with E-state index in [-0.39, 0.29) is 11.9 Å². The molecule has 0 spiro atoms. The number of nitrogens with one attached hydrogen (secondary N) is 1. The van der Waals surface area contributed by atoms with Crippen LogP contribution in [-0.4, -0.2) is 35.7 Å². The number of ether oxygens (including phenoxy) is 1. The van der Waals surface area contributed by atoms with E-state index in [1.165, 1.54) is 12.8 Å². The number of hydrogen-bond donors (Lipinski definition) is 1. The van der Waals surface area contributed by atoms with E-state index in [0.717, 1.165) is 49.5 Å². The molecule has 0 aliphatic carbocycles. The van der Waals surface area contributed by atoms with E-state index in [2.05, 4.69) is 15.4 Å². The average molecular weight is 341 g/mol. The number of benzene rings is 1. The Labute approximate surface area is 147 Å². The molecule has 1 fully saturated rings. The van der Waals surface area contributed by atoms with Crippen LogP contribution < -0.4 is 10.1 Å². The smallest absolute Gasteiger partial charge is 0.273 e. The second-order valence-corrected chi connectivity index (χ2v) is 6.72. The van der Waals surface area contributed by atoms with Crippen molar-refractivity contribution in [3.63, 3.8) is 0 Å². The van der Waals surface area contributed by atoms with Crippen LogP contribution in [0.25, 0.3) is 0 Å². The summed E-state index contributed by atoms with van der Waals surface area (Å²) in [5, 5.41) is 7.04. The van der Waals surface area contributed by atoms with Gasteiger partial charge in [-0.2, -0.15) is 0 Å². The maximum Gasteiger partial charge on any atom is 0.273 e. The van der Waals surface area contributed by atoms with E-state index in [0.29, 0.717) is 12.3 Å². The summed E-state index contributed by atoms with van der Waals surface area (Å²) in [5.74, 6) is 1.40. The van der Waals surface area contributed by atoms with Gasteiger partial charge in [-0.25, -0.2) is 0 Å². The molecule has 25 heavy (non-hydrogen) atoms. The van der Waals surface area contributed by atoms with Crippen LogP contribution >= 0.6 is 0 Å². The van der Waals surface area contributed by atoms with Crippen molar-refractivity contribution in [2.75, 3.05) is 19.7 Å². The second kappa shape index (κ2) is 7.27. The summed E-state index contributed by atoms with van der Waals surface area (Å²) >= 11 is 0. The standard InChI is InChI=1S/C19H23N3O3/c23-19(17-12-14(25-21-17)13-22-9-3-4-10-22)20-16-7-5-11-24-18-8-2-1-6-15(16)18/h1-2,6,8,12,16H,3-5,7,9-11,13H2,(H,20,23)/t16-/m0/s1. The van der Waals surface area contributed by atoms with Gasteiger partial charge >= 0.3 is 0 Å². The van der Waals surface area contributed by atoms with Gasteiger partial charge in [-0.1, -0.05) is 23.4 Å². The van der Waals surface area contributed by atoms with Gasteiger partial charge in [-0.3, -0.25) is 9.69 Å². The minimum Gasteiger partial charge on any atom is -0.493 e. The van der Waals surface area contributed by atoms with Crippen LogP contribution in [0.1, 0.15) is 53.5 Å². The third-order valence-electron chi connectivity index (χ3n) is 4.86. The highest BCUT2D eigenvalue weighted by atomic mass is 16.5. The van der Waals surface area contributed by atoms with Gasteiger partial charge in [0.15, 0.2) is 11.5 Å². The molecule has 6 heteroatoms. The lowest BCUT2D eigenvalue weighted by Gasteiger charge is -2.17. The number of nitrogens with zero attached hydrogens (tertiary/aromatic N) is 2. The van der Waals surface area contributed by atoms with Crippen molar-refractivity contribution in [1.82, 2.24) is 15.4 Å². The van der Waals surface area contributed by atoms with Gasteiger partial charge in [-0.05, 0) is 44.8 Å². The number of carbonyl (C=O) groups is 1. The average Bonchev–Trinajstić information content (AvgIpc) is 3.26. The molecule has 6 nitrogen and oxygen atoms in total. The Morgan fingerprint density at radius 2 is 2.08 bits per heavy atom. The zero-order valence-corrected chi connectivity index (χ0v) is 14.2. The number of hydrogen-bond acceptors (Lipinski definition) is 5. The highest BCUT2D eigenvalue weighted by molar-refractivity contribution is 5.92. The van der Waals surface area contributed by atoms with Crippen molar-refractivity contribution >= 4 is 5.91 Å². The van der Waals surface area contributed by atoms with E-state index >= 15 is 0 Å². The van der Waals surface area contributed by atoms with Crippen molar-refractivity contribution < 1.29 is 14.1 Å². The Balaban J connectivity index is 1.44. The molecular weight excluding hydrogens is 318 g/mol. The van der Waals surface area contributed by atoms with Crippen molar-refractivity contribution in [1.29, 1.82) is 0 Å². The summed E-state index contributed by atoms with van der Waals surface area (Å²) in [6.45, 7) is 3.57. The third kappa shape index (κ3) is 3.69. The number of fused-ring (bicyclic) bond motifs is 1. The molecule has 2 aromatic rings. The van der Waals surface area contributed by atoms with Gasteiger partial charge < -0.3 is 14.6 Å². The molecule has 1 N–H and O–H groups in total. The fraction of sp³-hybridized carbons (Fsp3) is 0.474. The highest BCUT2D eigenvalue weighted by Gasteiger charge is 2.23. The normalized spacial score (nSPS) is 20.6. The summed E-state index contributed by atoms with van der Waals surface area (Å²) in [5.41, 5.74) is 1.37. The highest BCUT2D eigenvalue weighted by Crippen LogP contribution is 2.31. The Morgan fingerprint density at radius 3 is 2.96 bits per heavy atom. The molecule has 1 amide bonds. The molecule has 1 atom stereocenters. The van der Waals surface area contributed by atoms with Gasteiger partial charge in [-0.15, -0.1) is 0 Å². The zero-order valence-electron chi connectivity index (χ0n) is 14.2. The van der Waals surface area contributed by atoms with Crippen LogP contribution in [0.3, 0.4) is 0 Å². The van der Waals surface area contributed by atoms with Gasteiger partial charge in [0.1, 0.15) is 5.75 Å². The molecule has 2 aliphatic rings. The third-order valence-corrected chi connectivity index (χ3v) is 4.86. The van der Waals surface area contributed by atoms with E-state index < -0.39 is 0 Å². The summed E-state index contributed by atoms with van der Waals surface area (Å²) in [6, 6.07) is 9.57. The quantitative estimate of drug-likeness (QED) is 0.926. The van der Waals surface area contributed by atoms with Gasteiger partial charge in [0.05, 0.1) is 19.2 Å². The minimum absolute atomic E-state index is 0.0649. The fourth-order valence-corrected chi connectivity index (χ4v) is 3.56. The molecule has 1 aromatic heterocycles. The maximum atomic E-state index is 12.6. The first-order chi connectivity index (χ1) is 12.3. The Bertz CT molecular complexity index is 737. The predicted molar refractivity (Wildman–Crippen MR) is 92.4 cm³/mol.